The fourth-order valence-electron chi connectivity index (χ4n) is 1.36. The molecule has 0 bridgehead atoms. The minimum absolute atomic E-state index is 0.247. The highest BCUT2D eigenvalue weighted by Crippen LogP contribution is 2.09. The van der Waals surface area contributed by atoms with Crippen molar-refractivity contribution in [3.05, 3.63) is 34.2 Å². The number of imidazole rings is 1. The Bertz CT molecular complexity index is 558. The maximum Gasteiger partial charge on any atom is 0.323 e. The highest BCUT2D eigenvalue weighted by atomic mass is 35.5. The predicted octanol–water partition coefficient (Wildman–Crippen LogP) is 1.30. The first-order chi connectivity index (χ1) is 7.15. The Labute approximate surface area is 89.4 Å². The lowest BCUT2D eigenvalue weighted by Gasteiger charge is -2.00. The lowest BCUT2D eigenvalue weighted by molar-refractivity contribution is 0.259. The number of carbonyl (C=O) groups excluding carboxylic acids is 1. The van der Waals surface area contributed by atoms with Crippen molar-refractivity contribution < 1.29 is 4.79 Å². The molecule has 1 heterocycles. The van der Waals surface area contributed by atoms with Gasteiger partial charge >= 0.3 is 11.1 Å². The number of H-pyrrole nitrogens is 2. The van der Waals surface area contributed by atoms with E-state index in [1.807, 2.05) is 0 Å². The zero-order valence-corrected chi connectivity index (χ0v) is 8.39. The quantitative estimate of drug-likeness (QED) is 0.532. The zero-order valence-electron chi connectivity index (χ0n) is 7.63. The number of aromatic nitrogens is 2. The molecule has 0 aliphatic heterocycles. The van der Waals surface area contributed by atoms with Crippen LogP contribution in [0.25, 0.3) is 11.0 Å². The summed E-state index contributed by atoms with van der Waals surface area (Å²) in [6, 6.07) is 5.35. The van der Waals surface area contributed by atoms with Gasteiger partial charge in [0.1, 0.15) is 0 Å². The van der Waals surface area contributed by atoms with Crippen LogP contribution in [0.2, 0.25) is 0 Å². The summed E-state index contributed by atoms with van der Waals surface area (Å²) in [6.07, 6.45) is 0. The molecule has 0 saturated carbocycles. The van der Waals surface area contributed by atoms with Gasteiger partial charge in [-0.2, -0.15) is 0 Å². The Morgan fingerprint density at radius 1 is 1.33 bits per heavy atom. The lowest BCUT2D eigenvalue weighted by Crippen LogP contribution is -2.15. The summed E-state index contributed by atoms with van der Waals surface area (Å²) in [6.45, 7) is 0.339. The van der Waals surface area contributed by atoms with Crippen LogP contribution in [0.5, 0.6) is 0 Å². The van der Waals surface area contributed by atoms with Gasteiger partial charge in [0.05, 0.1) is 11.0 Å². The van der Waals surface area contributed by atoms with Gasteiger partial charge in [-0.3, -0.25) is 4.79 Å². The number of hydrogen-bond donors (Lipinski definition) is 3. The predicted molar refractivity (Wildman–Crippen MR) is 57.0 cm³/mol. The van der Waals surface area contributed by atoms with Crippen molar-refractivity contribution in [1.82, 2.24) is 15.3 Å². The van der Waals surface area contributed by atoms with Crippen molar-refractivity contribution >= 4 is 28.0 Å². The summed E-state index contributed by atoms with van der Waals surface area (Å²) >= 11 is 5.14. The van der Waals surface area contributed by atoms with E-state index in [0.717, 1.165) is 11.1 Å². The van der Waals surface area contributed by atoms with E-state index >= 15 is 0 Å². The molecule has 6 heteroatoms. The molecule has 0 aliphatic carbocycles. The van der Waals surface area contributed by atoms with Gasteiger partial charge in [0.15, 0.2) is 0 Å². The molecule has 78 valence electrons. The molecule has 1 aromatic carbocycles. The second-order valence-corrected chi connectivity index (χ2v) is 3.43. The van der Waals surface area contributed by atoms with Gasteiger partial charge in [0.25, 0.3) is 0 Å². The number of halogens is 1. The van der Waals surface area contributed by atoms with Crippen molar-refractivity contribution in [3.63, 3.8) is 0 Å². The number of fused-ring (bicyclic) bond motifs is 1. The van der Waals surface area contributed by atoms with E-state index in [0.29, 0.717) is 12.1 Å². The molecular weight excluding hydrogens is 218 g/mol. The molecule has 0 radical (unpaired) electrons. The fourth-order valence-corrected chi connectivity index (χ4v) is 1.43. The standard InChI is InChI=1S/C9H8ClN3O2/c10-8(14)11-4-5-1-2-6-7(3-5)13-9(15)12-6/h1-3H,4H2,(H,11,14)(H2,12,13,15). The van der Waals surface area contributed by atoms with Crippen LogP contribution in [0.4, 0.5) is 4.79 Å². The third-order valence-electron chi connectivity index (χ3n) is 2.01. The molecule has 15 heavy (non-hydrogen) atoms. The number of nitrogens with one attached hydrogen (secondary N) is 3. The number of hydrogen-bond acceptors (Lipinski definition) is 2. The summed E-state index contributed by atoms with van der Waals surface area (Å²) < 4.78 is 0. The third kappa shape index (κ3) is 2.19. The molecule has 2 aromatic rings. The van der Waals surface area contributed by atoms with Gasteiger partial charge in [-0.25, -0.2) is 4.79 Å². The second kappa shape index (κ2) is 3.78. The summed E-state index contributed by atoms with van der Waals surface area (Å²) in [5.41, 5.74) is 2.07. The van der Waals surface area contributed by atoms with Gasteiger partial charge in [-0.1, -0.05) is 6.07 Å². The molecule has 0 atom stereocenters. The molecule has 5 nitrogen and oxygen atoms in total. The molecule has 0 saturated heterocycles. The largest absolute Gasteiger partial charge is 0.339 e. The summed E-state index contributed by atoms with van der Waals surface area (Å²) in [4.78, 5) is 26.7. The number of amides is 1. The third-order valence-corrected chi connectivity index (χ3v) is 2.15. The Morgan fingerprint density at radius 3 is 2.80 bits per heavy atom. The molecular formula is C9H8ClN3O2. The van der Waals surface area contributed by atoms with E-state index in [4.69, 9.17) is 11.6 Å². The lowest BCUT2D eigenvalue weighted by atomic mass is 10.2. The molecule has 2 rings (SSSR count). The average molecular weight is 226 g/mol. The van der Waals surface area contributed by atoms with Crippen LogP contribution in [0.1, 0.15) is 5.56 Å². The fraction of sp³-hybridized carbons (Fsp3) is 0.111. The van der Waals surface area contributed by atoms with E-state index in [9.17, 15) is 9.59 Å². The summed E-state index contributed by atoms with van der Waals surface area (Å²) in [5.74, 6) is 0. The number of aromatic amines is 2. The number of rotatable bonds is 2. The summed E-state index contributed by atoms with van der Waals surface area (Å²) in [5, 5.41) is 1.86. The van der Waals surface area contributed by atoms with E-state index in [-0.39, 0.29) is 5.69 Å². The molecule has 0 fully saturated rings. The normalized spacial score (nSPS) is 10.5. The number of benzene rings is 1. The molecule has 1 aromatic heterocycles. The first-order valence-corrected chi connectivity index (χ1v) is 4.67. The first-order valence-electron chi connectivity index (χ1n) is 4.29. The molecule has 0 spiro atoms. The SMILES string of the molecule is O=C(Cl)NCc1ccc2[nH]c(=O)[nH]c2c1. The van der Waals surface area contributed by atoms with Crippen LogP contribution in [-0.2, 0) is 6.54 Å². The van der Waals surface area contributed by atoms with E-state index in [1.165, 1.54) is 0 Å². The Kier molecular flexibility index (Phi) is 2.47. The highest BCUT2D eigenvalue weighted by Gasteiger charge is 2.00. The first kappa shape index (κ1) is 9.79. The monoisotopic (exact) mass is 225 g/mol. The molecule has 0 unspecified atom stereocenters. The Morgan fingerprint density at radius 2 is 2.07 bits per heavy atom. The Hall–Kier alpha value is -1.75. The molecule has 3 N–H and O–H groups in total. The van der Waals surface area contributed by atoms with Crippen LogP contribution in [0, 0.1) is 0 Å². The van der Waals surface area contributed by atoms with E-state index < -0.39 is 5.37 Å². The zero-order chi connectivity index (χ0) is 10.8. The van der Waals surface area contributed by atoms with Crippen LogP contribution in [-0.4, -0.2) is 15.3 Å². The van der Waals surface area contributed by atoms with Crippen molar-refractivity contribution in [2.45, 2.75) is 6.54 Å². The minimum Gasteiger partial charge on any atom is -0.339 e. The van der Waals surface area contributed by atoms with Crippen molar-refractivity contribution in [1.29, 1.82) is 0 Å². The highest BCUT2D eigenvalue weighted by molar-refractivity contribution is 6.62. The molecule has 0 aliphatic rings. The van der Waals surface area contributed by atoms with Crippen LogP contribution >= 0.6 is 11.6 Å². The van der Waals surface area contributed by atoms with Crippen LogP contribution in [0.15, 0.2) is 23.0 Å². The van der Waals surface area contributed by atoms with E-state index in [1.54, 1.807) is 18.2 Å². The van der Waals surface area contributed by atoms with Gasteiger partial charge in [0.2, 0.25) is 0 Å². The van der Waals surface area contributed by atoms with Gasteiger partial charge in [-0.15, -0.1) is 0 Å². The maximum atomic E-state index is 11.0. The number of carbonyl (C=O) groups is 1. The van der Waals surface area contributed by atoms with Crippen molar-refractivity contribution in [2.24, 2.45) is 0 Å². The maximum absolute atomic E-state index is 11.0. The molecule has 1 amide bonds. The Balaban J connectivity index is 2.30. The smallest absolute Gasteiger partial charge is 0.323 e. The second-order valence-electron chi connectivity index (χ2n) is 3.09. The minimum atomic E-state index is -0.599. The van der Waals surface area contributed by atoms with Crippen LogP contribution < -0.4 is 11.0 Å². The summed E-state index contributed by atoms with van der Waals surface area (Å²) in [7, 11) is 0. The van der Waals surface area contributed by atoms with E-state index in [2.05, 4.69) is 15.3 Å². The average Bonchev–Trinajstić information content (AvgIpc) is 2.53. The van der Waals surface area contributed by atoms with Gasteiger partial charge in [-0.05, 0) is 29.3 Å². The van der Waals surface area contributed by atoms with Crippen LogP contribution in [0.3, 0.4) is 0 Å². The van der Waals surface area contributed by atoms with Crippen molar-refractivity contribution in [2.75, 3.05) is 0 Å². The van der Waals surface area contributed by atoms with Gasteiger partial charge in [0, 0.05) is 6.54 Å². The topological polar surface area (TPSA) is 77.8 Å². The van der Waals surface area contributed by atoms with Crippen molar-refractivity contribution in [3.8, 4) is 0 Å². The van der Waals surface area contributed by atoms with Gasteiger partial charge < -0.3 is 15.3 Å².